The van der Waals surface area contributed by atoms with Crippen LogP contribution in [0.3, 0.4) is 0 Å². The number of aliphatic imine (C=N–C) groups is 4. The van der Waals surface area contributed by atoms with E-state index >= 15 is 0 Å². The molecule has 0 radical (unpaired) electrons. The average Bonchev–Trinajstić information content (AvgIpc) is 1.65. The summed E-state index contributed by atoms with van der Waals surface area (Å²) in [5, 5.41) is 2.10. The van der Waals surface area contributed by atoms with E-state index in [1.165, 1.54) is 7.05 Å². The zero-order chi connectivity index (χ0) is 72.5. The van der Waals surface area contributed by atoms with Crippen LogP contribution in [0.15, 0.2) is 324 Å². The van der Waals surface area contributed by atoms with Gasteiger partial charge in [-0.05, 0) is 159 Å². The highest BCUT2D eigenvalue weighted by Crippen LogP contribution is 2.42. The van der Waals surface area contributed by atoms with Crippen LogP contribution < -0.4 is 19.6 Å². The van der Waals surface area contributed by atoms with Crippen molar-refractivity contribution in [3.63, 3.8) is 0 Å². The SMILES string of the molecule is C.C.CN1C(=O)c2ccc(N=C3C(=O)N(c4ccccc4)c4ccccc43)cc2C1=O.Cc1ccc(N=C2C(=O)N(c3ccccc3)c3ccccc32)cn1.Cc1nc2ccc(N=C3C(=O)N(c4ccccc4)c4ccccc43)cc2s1.O=C1C(=Nc2ccc3[nH]ccc3c2)c2ccccc2N1c1ccccc1. The van der Waals surface area contributed by atoms with Gasteiger partial charge in [0.15, 0.2) is 0 Å². The number of para-hydroxylation sites is 8. The molecule has 0 fully saturated rings. The Balaban J connectivity index is 0.000000120. The second kappa shape index (κ2) is 30.2. The van der Waals surface area contributed by atoms with Crippen LogP contribution in [-0.4, -0.2) is 85.2 Å². The molecule has 5 aliphatic rings. The lowest BCUT2D eigenvalue weighted by Gasteiger charge is -2.16. The van der Waals surface area contributed by atoms with E-state index in [1.807, 2.05) is 293 Å². The summed E-state index contributed by atoms with van der Waals surface area (Å²) >= 11 is 1.63. The first kappa shape index (κ1) is 70.7. The molecule has 19 heteroatoms. The van der Waals surface area contributed by atoms with Gasteiger partial charge < -0.3 is 4.98 Å². The molecule has 6 amide bonds. The Hall–Kier alpha value is -14.3. The van der Waals surface area contributed by atoms with Gasteiger partial charge in [0.05, 0.1) is 78.0 Å². The normalized spacial score (nSPS) is 15.1. The molecule has 1 N–H and O–H groups in total. The summed E-state index contributed by atoms with van der Waals surface area (Å²) in [5.74, 6) is -1.27. The Labute approximate surface area is 627 Å². The molecular formula is C89H68N12O6S. The number of H-pyrrole nitrogens is 1. The monoisotopic (exact) mass is 1430 g/mol. The Morgan fingerprint density at radius 3 is 1.13 bits per heavy atom. The minimum Gasteiger partial charge on any atom is -0.361 e. The molecule has 0 unspecified atom stereocenters. The Bertz CT molecular complexity index is 6000. The van der Waals surface area contributed by atoms with E-state index in [0.29, 0.717) is 45.3 Å². The quantitative estimate of drug-likeness (QED) is 0.144. The summed E-state index contributed by atoms with van der Waals surface area (Å²) in [4.78, 5) is 115. The predicted molar refractivity (Wildman–Crippen MR) is 433 cm³/mol. The first-order valence-electron chi connectivity index (χ1n) is 34.0. The average molecular weight is 1430 g/mol. The third-order valence-corrected chi connectivity index (χ3v) is 19.2. The van der Waals surface area contributed by atoms with Crippen molar-refractivity contribution in [3.8, 4) is 0 Å². The summed E-state index contributed by atoms with van der Waals surface area (Å²) < 4.78 is 1.08. The van der Waals surface area contributed by atoms with Gasteiger partial charge in [-0.3, -0.25) is 58.3 Å². The van der Waals surface area contributed by atoms with Crippen molar-refractivity contribution in [3.05, 3.63) is 348 Å². The maximum absolute atomic E-state index is 13.2. The molecule has 0 atom stereocenters. The number of carbonyl (C=O) groups is 6. The minimum absolute atomic E-state index is 0. The maximum Gasteiger partial charge on any atom is 0.282 e. The smallest absolute Gasteiger partial charge is 0.282 e. The van der Waals surface area contributed by atoms with Gasteiger partial charge >= 0.3 is 0 Å². The number of imide groups is 1. The van der Waals surface area contributed by atoms with Crippen LogP contribution >= 0.6 is 11.3 Å². The van der Waals surface area contributed by atoms with E-state index in [2.05, 4.69) is 24.9 Å². The van der Waals surface area contributed by atoms with E-state index in [4.69, 9.17) is 9.98 Å². The Morgan fingerprint density at radius 1 is 0.343 bits per heavy atom. The Kier molecular flexibility index (Phi) is 19.8. The number of aryl methyl sites for hydroxylation is 2. The molecule has 108 heavy (non-hydrogen) atoms. The molecule has 0 aliphatic carbocycles. The fraction of sp³-hybridized carbons (Fsp3) is 0.0562. The van der Waals surface area contributed by atoms with E-state index in [1.54, 1.807) is 55.3 Å². The van der Waals surface area contributed by atoms with Gasteiger partial charge in [-0.2, -0.15) is 0 Å². The number of aromatic nitrogens is 3. The van der Waals surface area contributed by atoms with Gasteiger partial charge in [0, 0.05) is 74.8 Å². The second-order valence-corrected chi connectivity index (χ2v) is 26.2. The highest BCUT2D eigenvalue weighted by atomic mass is 32.1. The van der Waals surface area contributed by atoms with Crippen LogP contribution in [-0.2, 0) is 19.2 Å². The number of anilines is 8. The zero-order valence-corrected chi connectivity index (χ0v) is 58.0. The van der Waals surface area contributed by atoms with E-state index in [0.717, 1.165) is 116 Å². The topological polar surface area (TPSA) is 210 Å². The number of hydrogen-bond donors (Lipinski definition) is 1. The first-order chi connectivity index (χ1) is 51.8. The number of aromatic amines is 1. The van der Waals surface area contributed by atoms with Gasteiger partial charge in [-0.25, -0.2) is 25.0 Å². The standard InChI is InChI=1S/C23H15N3O3.C22H15N3OS.C22H15N3O.C20H15N3O.2CH4/c1-25-21(27)16-12-11-14(13-18(16)22(25)28)24-20-17-9-5-6-10-19(17)26(23(20)29)15-7-3-2-4-8-15;1-14-23-18-12-11-15(13-20(18)27-14)24-21-17-9-5-6-10-19(17)25(22(21)26)16-7-3-2-4-8-16;26-22-21(24-16-10-11-19-15(14-16)12-13-23-19)18-8-4-5-9-20(18)25(22)17-6-2-1-3-7-17;1-14-11-12-15(13-21-14)22-19-17-9-5-6-10-18(17)23(20(19)24)16-7-3-2-4-8-16;;/h2-13H,1H3;2-13H,1H3;1-14,23H;2-13H,1H3;2*1H4. The van der Waals surface area contributed by atoms with Gasteiger partial charge in [0.1, 0.15) is 22.8 Å². The molecule has 3 aromatic heterocycles. The van der Waals surface area contributed by atoms with Crippen molar-refractivity contribution in [1.82, 2.24) is 19.9 Å². The second-order valence-electron chi connectivity index (χ2n) is 25.0. The summed E-state index contributed by atoms with van der Waals surface area (Å²) in [6.07, 6.45) is 3.58. The zero-order valence-electron chi connectivity index (χ0n) is 57.1. The van der Waals surface area contributed by atoms with Crippen LogP contribution in [0.1, 0.15) is 68.5 Å². The molecule has 18 nitrogen and oxygen atoms in total. The lowest BCUT2D eigenvalue weighted by atomic mass is 10.1. The Morgan fingerprint density at radius 2 is 0.704 bits per heavy atom. The molecule has 5 aliphatic heterocycles. The number of benzene rings is 11. The van der Waals surface area contributed by atoms with Crippen molar-refractivity contribution < 1.29 is 28.8 Å². The van der Waals surface area contributed by atoms with Crippen molar-refractivity contribution >= 4 is 159 Å². The van der Waals surface area contributed by atoms with E-state index < -0.39 is 0 Å². The van der Waals surface area contributed by atoms with Crippen LogP contribution in [0.25, 0.3) is 21.1 Å². The summed E-state index contributed by atoms with van der Waals surface area (Å²) in [7, 11) is 1.45. The molecule has 0 saturated carbocycles. The van der Waals surface area contributed by atoms with Crippen molar-refractivity contribution in [1.29, 1.82) is 0 Å². The number of rotatable bonds is 8. The number of pyridine rings is 1. The van der Waals surface area contributed by atoms with Gasteiger partial charge in [0.25, 0.3) is 35.4 Å². The summed E-state index contributed by atoms with van der Waals surface area (Å²) in [5.41, 5.74) is 17.8. The predicted octanol–water partition coefficient (Wildman–Crippen LogP) is 19.5. The molecule has 8 heterocycles. The number of fused-ring (bicyclic) bond motifs is 7. The lowest BCUT2D eigenvalue weighted by molar-refractivity contribution is -0.112. The maximum atomic E-state index is 13.2. The van der Waals surface area contributed by atoms with E-state index in [9.17, 15) is 28.8 Å². The number of carbonyl (C=O) groups excluding carboxylic acids is 6. The molecular weight excluding hydrogens is 1370 g/mol. The molecule has 526 valence electrons. The van der Waals surface area contributed by atoms with Crippen LogP contribution in [0.5, 0.6) is 0 Å². The fourth-order valence-electron chi connectivity index (χ4n) is 13.2. The van der Waals surface area contributed by atoms with Crippen molar-refractivity contribution in [2.24, 2.45) is 20.0 Å². The van der Waals surface area contributed by atoms with Crippen molar-refractivity contribution in [2.75, 3.05) is 26.6 Å². The highest BCUT2D eigenvalue weighted by Gasteiger charge is 2.39. The first-order valence-corrected chi connectivity index (χ1v) is 34.8. The largest absolute Gasteiger partial charge is 0.361 e. The minimum atomic E-state index is -0.365. The number of nitrogens with one attached hydrogen (secondary N) is 1. The molecule has 0 saturated heterocycles. The van der Waals surface area contributed by atoms with Gasteiger partial charge in [-0.1, -0.05) is 160 Å². The fourth-order valence-corrected chi connectivity index (χ4v) is 14.1. The molecule has 11 aromatic carbocycles. The van der Waals surface area contributed by atoms with E-state index in [-0.39, 0.29) is 50.3 Å². The summed E-state index contributed by atoms with van der Waals surface area (Å²) in [6.45, 7) is 3.91. The highest BCUT2D eigenvalue weighted by molar-refractivity contribution is 7.18. The number of amides is 6. The molecule has 19 rings (SSSR count). The number of thiazole rings is 1. The third kappa shape index (κ3) is 13.5. The number of nitrogens with zero attached hydrogens (tertiary/aromatic N) is 11. The van der Waals surface area contributed by atoms with Crippen molar-refractivity contribution in [2.45, 2.75) is 28.7 Å². The molecule has 0 bridgehead atoms. The van der Waals surface area contributed by atoms with Gasteiger partial charge in [-0.15, -0.1) is 11.3 Å². The van der Waals surface area contributed by atoms with Crippen LogP contribution in [0.2, 0.25) is 0 Å². The van der Waals surface area contributed by atoms with Crippen LogP contribution in [0, 0.1) is 13.8 Å². The lowest BCUT2D eigenvalue weighted by Crippen LogP contribution is -2.25. The summed E-state index contributed by atoms with van der Waals surface area (Å²) in [6, 6.07) is 91.4. The molecule has 0 spiro atoms. The number of hydrogen-bond acceptors (Lipinski definition) is 13. The molecule has 14 aromatic rings. The third-order valence-electron chi connectivity index (χ3n) is 18.2. The van der Waals surface area contributed by atoms with Crippen LogP contribution in [0.4, 0.5) is 68.2 Å². The van der Waals surface area contributed by atoms with Gasteiger partial charge in [0.2, 0.25) is 0 Å².